The summed E-state index contributed by atoms with van der Waals surface area (Å²) in [6.45, 7) is 5.56. The highest BCUT2D eigenvalue weighted by molar-refractivity contribution is 6.33. The van der Waals surface area contributed by atoms with Crippen LogP contribution in [0.1, 0.15) is 30.6 Å². The molecule has 2 aromatic carbocycles. The van der Waals surface area contributed by atoms with E-state index in [2.05, 4.69) is 13.8 Å². The summed E-state index contributed by atoms with van der Waals surface area (Å²) in [5, 5.41) is 1.48. The van der Waals surface area contributed by atoms with Gasteiger partial charge in [0.1, 0.15) is 0 Å². The summed E-state index contributed by atoms with van der Waals surface area (Å²) in [6.07, 6.45) is 0.805. The van der Waals surface area contributed by atoms with E-state index in [1.807, 2.05) is 59.5 Å². The summed E-state index contributed by atoms with van der Waals surface area (Å²) in [7, 11) is 0. The molecule has 1 unspecified atom stereocenters. The maximum atomic E-state index is 13.5. The predicted molar refractivity (Wildman–Crippen MR) is 129 cm³/mol. The third kappa shape index (κ3) is 4.57. The minimum absolute atomic E-state index is 0. The number of carbonyl (C=O) groups excluding carboxylic acids is 1. The molecule has 0 bridgehead atoms. The van der Waals surface area contributed by atoms with E-state index in [9.17, 15) is 4.79 Å². The summed E-state index contributed by atoms with van der Waals surface area (Å²) in [6, 6.07) is 17.3. The molecule has 1 aromatic heterocycles. The lowest BCUT2D eigenvalue weighted by atomic mass is 9.79. The van der Waals surface area contributed by atoms with Crippen LogP contribution >= 0.6 is 36.4 Å². The van der Waals surface area contributed by atoms with Crippen molar-refractivity contribution < 1.29 is 4.79 Å². The molecule has 4 rings (SSSR count). The van der Waals surface area contributed by atoms with Crippen LogP contribution in [0.25, 0.3) is 22.2 Å². The zero-order valence-electron chi connectivity index (χ0n) is 17.0. The number of nitrogens with two attached hydrogens (primary N) is 1. The lowest BCUT2D eigenvalue weighted by Crippen LogP contribution is -2.54. The van der Waals surface area contributed by atoms with Crippen molar-refractivity contribution in [2.24, 2.45) is 11.1 Å². The number of nitrogens with zero attached hydrogens (tertiary/aromatic N) is 2. The third-order valence-electron chi connectivity index (χ3n) is 5.70. The van der Waals surface area contributed by atoms with Crippen LogP contribution in [0.3, 0.4) is 0 Å². The Kier molecular flexibility index (Phi) is 7.75. The van der Waals surface area contributed by atoms with Gasteiger partial charge in [0.15, 0.2) is 0 Å². The van der Waals surface area contributed by atoms with E-state index in [1.165, 1.54) is 0 Å². The molecule has 0 spiro atoms. The van der Waals surface area contributed by atoms with Crippen LogP contribution in [-0.2, 0) is 0 Å². The number of hydrogen-bond donors (Lipinski definition) is 1. The van der Waals surface area contributed by atoms with Crippen molar-refractivity contribution in [3.8, 4) is 11.3 Å². The first kappa shape index (κ1) is 24.4. The van der Waals surface area contributed by atoms with Crippen molar-refractivity contribution in [1.82, 2.24) is 9.88 Å². The van der Waals surface area contributed by atoms with Crippen molar-refractivity contribution in [2.45, 2.75) is 26.3 Å². The Morgan fingerprint density at radius 1 is 1.13 bits per heavy atom. The van der Waals surface area contributed by atoms with Gasteiger partial charge in [0.05, 0.1) is 16.8 Å². The number of likely N-dealkylation sites (tertiary alicyclic amines) is 1. The van der Waals surface area contributed by atoms with Crippen molar-refractivity contribution in [3.05, 3.63) is 65.2 Å². The van der Waals surface area contributed by atoms with Gasteiger partial charge in [-0.05, 0) is 30.0 Å². The highest BCUT2D eigenvalue weighted by atomic mass is 35.5. The Labute approximate surface area is 194 Å². The molecule has 0 aliphatic carbocycles. The van der Waals surface area contributed by atoms with E-state index in [0.29, 0.717) is 29.4 Å². The molecule has 0 radical (unpaired) electrons. The third-order valence-corrected chi connectivity index (χ3v) is 6.03. The average Bonchev–Trinajstić information content (AvgIpc) is 2.69. The van der Waals surface area contributed by atoms with Crippen LogP contribution in [-0.4, -0.2) is 34.9 Å². The summed E-state index contributed by atoms with van der Waals surface area (Å²) in [5.41, 5.74) is 9.13. The number of hydrogen-bond acceptors (Lipinski definition) is 3. The van der Waals surface area contributed by atoms with E-state index in [-0.39, 0.29) is 42.2 Å². The molecule has 1 aliphatic heterocycles. The van der Waals surface area contributed by atoms with Gasteiger partial charge in [-0.1, -0.05) is 61.8 Å². The standard InChI is InChI=1S/C23H24ClN3O.2ClH/c1-23(2)14-27(12-11-21(23)25)22(28)17-13-20(16-8-3-5-9-18(16)24)26-19-10-6-4-7-15(17)19;;/h3-10,13,21H,11-12,14,25H2,1-2H3;2*1H. The van der Waals surface area contributed by atoms with E-state index < -0.39 is 0 Å². The number of benzene rings is 2. The van der Waals surface area contributed by atoms with Gasteiger partial charge >= 0.3 is 0 Å². The fraction of sp³-hybridized carbons (Fsp3) is 0.304. The number of halogens is 3. The lowest BCUT2D eigenvalue weighted by Gasteiger charge is -2.42. The molecular weight excluding hydrogens is 441 g/mol. The first-order valence-corrected chi connectivity index (χ1v) is 9.94. The summed E-state index contributed by atoms with van der Waals surface area (Å²) < 4.78 is 0. The lowest BCUT2D eigenvalue weighted by molar-refractivity contribution is 0.0535. The highest BCUT2D eigenvalue weighted by Gasteiger charge is 2.36. The number of pyridine rings is 1. The number of para-hydroxylation sites is 1. The fourth-order valence-corrected chi connectivity index (χ4v) is 4.11. The van der Waals surface area contributed by atoms with Gasteiger partial charge in [0.25, 0.3) is 5.91 Å². The SMILES string of the molecule is CC1(C)CN(C(=O)c2cc(-c3ccccc3Cl)nc3ccccc23)CCC1N.Cl.Cl. The highest BCUT2D eigenvalue weighted by Crippen LogP contribution is 2.32. The summed E-state index contributed by atoms with van der Waals surface area (Å²) in [5.74, 6) is 0.0203. The minimum atomic E-state index is -0.109. The maximum absolute atomic E-state index is 13.5. The minimum Gasteiger partial charge on any atom is -0.338 e. The number of rotatable bonds is 2. The van der Waals surface area contributed by atoms with Gasteiger partial charge < -0.3 is 10.6 Å². The van der Waals surface area contributed by atoms with E-state index in [4.69, 9.17) is 22.3 Å². The molecule has 1 amide bonds. The normalized spacial score (nSPS) is 17.7. The van der Waals surface area contributed by atoms with Gasteiger partial charge in [-0.25, -0.2) is 4.98 Å². The molecule has 1 aliphatic rings. The second-order valence-electron chi connectivity index (χ2n) is 8.16. The van der Waals surface area contributed by atoms with Crippen LogP contribution in [0, 0.1) is 5.41 Å². The molecule has 2 heterocycles. The van der Waals surface area contributed by atoms with Gasteiger partial charge in [-0.15, -0.1) is 24.8 Å². The molecule has 1 fully saturated rings. The second-order valence-corrected chi connectivity index (χ2v) is 8.57. The fourth-order valence-electron chi connectivity index (χ4n) is 3.88. The quantitative estimate of drug-likeness (QED) is 0.535. The van der Waals surface area contributed by atoms with E-state index >= 15 is 0 Å². The van der Waals surface area contributed by atoms with Crippen molar-refractivity contribution in [1.29, 1.82) is 0 Å². The summed E-state index contributed by atoms with van der Waals surface area (Å²) >= 11 is 6.39. The second kappa shape index (κ2) is 9.52. The Hall–Kier alpha value is -1.85. The average molecular weight is 467 g/mol. The van der Waals surface area contributed by atoms with Gasteiger partial charge in [0.2, 0.25) is 0 Å². The molecule has 1 atom stereocenters. The first-order chi connectivity index (χ1) is 13.4. The molecular formula is C23H26Cl3N3O. The largest absolute Gasteiger partial charge is 0.338 e. The monoisotopic (exact) mass is 465 g/mol. The first-order valence-electron chi connectivity index (χ1n) is 9.56. The predicted octanol–water partition coefficient (Wildman–Crippen LogP) is 5.60. The van der Waals surface area contributed by atoms with Crippen molar-refractivity contribution in [2.75, 3.05) is 13.1 Å². The van der Waals surface area contributed by atoms with Gasteiger partial charge in [-0.2, -0.15) is 0 Å². The molecule has 30 heavy (non-hydrogen) atoms. The number of carbonyl (C=O) groups is 1. The molecule has 160 valence electrons. The Balaban J connectivity index is 0.00000160. The van der Waals surface area contributed by atoms with Gasteiger partial charge in [-0.3, -0.25) is 4.79 Å². The number of amides is 1. The number of aromatic nitrogens is 1. The number of piperidine rings is 1. The zero-order valence-corrected chi connectivity index (χ0v) is 19.4. The van der Waals surface area contributed by atoms with E-state index in [0.717, 1.165) is 22.9 Å². The molecule has 3 aromatic rings. The molecule has 1 saturated heterocycles. The zero-order chi connectivity index (χ0) is 19.9. The summed E-state index contributed by atoms with van der Waals surface area (Å²) in [4.78, 5) is 20.2. The van der Waals surface area contributed by atoms with Crippen LogP contribution in [0.15, 0.2) is 54.6 Å². The Morgan fingerprint density at radius 3 is 2.50 bits per heavy atom. The Bertz CT molecular complexity index is 1050. The van der Waals surface area contributed by atoms with Gasteiger partial charge in [0, 0.05) is 35.1 Å². The molecule has 0 saturated carbocycles. The van der Waals surface area contributed by atoms with Crippen LogP contribution in [0.2, 0.25) is 5.02 Å². The molecule has 4 nitrogen and oxygen atoms in total. The van der Waals surface area contributed by atoms with Crippen LogP contribution in [0.5, 0.6) is 0 Å². The molecule has 2 N–H and O–H groups in total. The topological polar surface area (TPSA) is 59.2 Å². The van der Waals surface area contributed by atoms with Crippen molar-refractivity contribution >= 4 is 53.2 Å². The Morgan fingerprint density at radius 2 is 1.80 bits per heavy atom. The van der Waals surface area contributed by atoms with Crippen molar-refractivity contribution in [3.63, 3.8) is 0 Å². The smallest absolute Gasteiger partial charge is 0.254 e. The number of fused-ring (bicyclic) bond motifs is 1. The van der Waals surface area contributed by atoms with Crippen LogP contribution < -0.4 is 5.73 Å². The van der Waals surface area contributed by atoms with Crippen LogP contribution in [0.4, 0.5) is 0 Å². The molecule has 7 heteroatoms. The maximum Gasteiger partial charge on any atom is 0.254 e. The van der Waals surface area contributed by atoms with E-state index in [1.54, 1.807) is 0 Å².